The van der Waals surface area contributed by atoms with E-state index in [9.17, 15) is 9.59 Å². The van der Waals surface area contributed by atoms with Gasteiger partial charge >= 0.3 is 0 Å². The monoisotopic (exact) mass is 273 g/mol. The minimum Gasteiger partial charge on any atom is -0.342 e. The molecule has 5 heteroatoms. The fraction of sp³-hybridized carbons (Fsp3) is 0.333. The van der Waals surface area contributed by atoms with Gasteiger partial charge in [0.15, 0.2) is 5.78 Å². The second-order valence-electron chi connectivity index (χ2n) is 3.64. The van der Waals surface area contributed by atoms with Crippen molar-refractivity contribution in [3.63, 3.8) is 0 Å². The van der Waals surface area contributed by atoms with E-state index in [1.165, 1.54) is 6.07 Å². The summed E-state index contributed by atoms with van der Waals surface area (Å²) in [6, 6.07) is 4.09. The molecule has 0 aliphatic carbocycles. The molecule has 0 heterocycles. The Kier molecular flexibility index (Phi) is 4.97. The minimum atomic E-state index is -0.525. The molecule has 1 unspecified atom stereocenters. The van der Waals surface area contributed by atoms with Gasteiger partial charge in [0, 0.05) is 11.4 Å². The van der Waals surface area contributed by atoms with Crippen LogP contribution in [0.4, 0.5) is 0 Å². The Bertz CT molecular complexity index is 446. The summed E-state index contributed by atoms with van der Waals surface area (Å²) in [5.41, 5.74) is 0.273. The van der Waals surface area contributed by atoms with E-state index in [-0.39, 0.29) is 11.3 Å². The van der Waals surface area contributed by atoms with Gasteiger partial charge in [-0.15, -0.1) is 0 Å². The second kappa shape index (κ2) is 6.03. The number of rotatable bonds is 4. The number of ketones is 1. The molecular formula is C12H13Cl2NO2. The molecule has 0 aliphatic rings. The Balaban J connectivity index is 2.83. The number of hydrogen-bond acceptors (Lipinski definition) is 2. The van der Waals surface area contributed by atoms with Gasteiger partial charge < -0.3 is 5.32 Å². The zero-order valence-corrected chi connectivity index (χ0v) is 11.1. The number of Topliss-reactive ketones (excluding diaryl/α,β-unsaturated/α-hetero) is 1. The van der Waals surface area contributed by atoms with Crippen LogP contribution in [0.15, 0.2) is 18.2 Å². The molecule has 17 heavy (non-hydrogen) atoms. The number of hydrogen-bond donors (Lipinski definition) is 1. The van der Waals surface area contributed by atoms with E-state index in [0.717, 1.165) is 0 Å². The molecule has 92 valence electrons. The van der Waals surface area contributed by atoms with E-state index >= 15 is 0 Å². The van der Waals surface area contributed by atoms with Crippen molar-refractivity contribution in [1.82, 2.24) is 5.32 Å². The molecular weight excluding hydrogens is 261 g/mol. The first-order valence-electron chi connectivity index (χ1n) is 5.24. The lowest BCUT2D eigenvalue weighted by Gasteiger charge is -2.12. The number of carbonyl (C=O) groups is 2. The molecule has 0 bridgehead atoms. The summed E-state index contributed by atoms with van der Waals surface area (Å²) >= 11 is 11.7. The molecule has 0 fully saturated rings. The van der Waals surface area contributed by atoms with E-state index in [1.807, 2.05) is 0 Å². The number of benzene rings is 1. The van der Waals surface area contributed by atoms with Crippen molar-refractivity contribution in [3.8, 4) is 0 Å². The predicted molar refractivity (Wildman–Crippen MR) is 68.7 cm³/mol. The van der Waals surface area contributed by atoms with E-state index in [0.29, 0.717) is 16.5 Å². The SMILES string of the molecule is CCC(=O)C(C)NC(=O)c1cc(Cl)ccc1Cl. The lowest BCUT2D eigenvalue weighted by atomic mass is 10.1. The summed E-state index contributed by atoms with van der Waals surface area (Å²) in [6.45, 7) is 3.39. The first-order valence-corrected chi connectivity index (χ1v) is 6.00. The van der Waals surface area contributed by atoms with Crippen LogP contribution in [0, 0.1) is 0 Å². The molecule has 0 aliphatic heterocycles. The van der Waals surface area contributed by atoms with Crippen molar-refractivity contribution in [2.45, 2.75) is 26.3 Å². The molecule has 0 saturated heterocycles. The minimum absolute atomic E-state index is 0.0310. The summed E-state index contributed by atoms with van der Waals surface area (Å²) in [5.74, 6) is -0.427. The van der Waals surface area contributed by atoms with Crippen LogP contribution < -0.4 is 5.32 Å². The molecule has 0 saturated carbocycles. The first kappa shape index (κ1) is 14.0. The van der Waals surface area contributed by atoms with Crippen LogP contribution in [0.5, 0.6) is 0 Å². The molecule has 0 aromatic heterocycles. The summed E-state index contributed by atoms with van der Waals surface area (Å²) in [6.07, 6.45) is 0.380. The zero-order chi connectivity index (χ0) is 13.0. The summed E-state index contributed by atoms with van der Waals surface area (Å²) in [4.78, 5) is 23.2. The van der Waals surface area contributed by atoms with Crippen LogP contribution in [-0.2, 0) is 4.79 Å². The van der Waals surface area contributed by atoms with Crippen LogP contribution in [0.25, 0.3) is 0 Å². The third-order valence-electron chi connectivity index (χ3n) is 2.35. The quantitative estimate of drug-likeness (QED) is 0.917. The van der Waals surface area contributed by atoms with Gasteiger partial charge in [0.25, 0.3) is 5.91 Å². The Hall–Kier alpha value is -1.06. The van der Waals surface area contributed by atoms with Crippen LogP contribution in [0.2, 0.25) is 10.0 Å². The van der Waals surface area contributed by atoms with E-state index in [4.69, 9.17) is 23.2 Å². The lowest BCUT2D eigenvalue weighted by molar-refractivity contribution is -0.120. The highest BCUT2D eigenvalue weighted by atomic mass is 35.5. The van der Waals surface area contributed by atoms with Gasteiger partial charge in [-0.25, -0.2) is 0 Å². The standard InChI is InChI=1S/C12H13Cl2NO2/c1-3-11(16)7(2)15-12(17)9-6-8(13)4-5-10(9)14/h4-7H,3H2,1-2H3,(H,15,17). The number of halogens is 2. The zero-order valence-electron chi connectivity index (χ0n) is 9.59. The fourth-order valence-electron chi connectivity index (χ4n) is 1.33. The van der Waals surface area contributed by atoms with Gasteiger partial charge in [0.2, 0.25) is 0 Å². The Morgan fingerprint density at radius 2 is 2.00 bits per heavy atom. The average Bonchev–Trinajstić information content (AvgIpc) is 2.30. The van der Waals surface area contributed by atoms with E-state index < -0.39 is 11.9 Å². The highest BCUT2D eigenvalue weighted by molar-refractivity contribution is 6.35. The molecule has 0 radical (unpaired) electrons. The molecule has 1 N–H and O–H groups in total. The average molecular weight is 274 g/mol. The third kappa shape index (κ3) is 3.72. The summed E-state index contributed by atoms with van der Waals surface area (Å²) in [5, 5.41) is 3.32. The third-order valence-corrected chi connectivity index (χ3v) is 2.92. The van der Waals surface area contributed by atoms with Gasteiger partial charge in [-0.2, -0.15) is 0 Å². The van der Waals surface area contributed by atoms with Gasteiger partial charge in [-0.3, -0.25) is 9.59 Å². The van der Waals surface area contributed by atoms with E-state index in [1.54, 1.807) is 26.0 Å². The van der Waals surface area contributed by atoms with Crippen LogP contribution in [0.3, 0.4) is 0 Å². The van der Waals surface area contributed by atoms with Gasteiger partial charge in [-0.05, 0) is 25.1 Å². The second-order valence-corrected chi connectivity index (χ2v) is 4.48. The van der Waals surface area contributed by atoms with Crippen molar-refractivity contribution < 1.29 is 9.59 Å². The summed E-state index contributed by atoms with van der Waals surface area (Å²) < 4.78 is 0. The van der Waals surface area contributed by atoms with Crippen LogP contribution in [-0.4, -0.2) is 17.7 Å². The van der Waals surface area contributed by atoms with E-state index in [2.05, 4.69) is 5.32 Å². The number of carbonyl (C=O) groups excluding carboxylic acids is 2. The van der Waals surface area contributed by atoms with Crippen LogP contribution in [0.1, 0.15) is 30.6 Å². The van der Waals surface area contributed by atoms with Crippen molar-refractivity contribution in [2.75, 3.05) is 0 Å². The maximum absolute atomic E-state index is 11.8. The Morgan fingerprint density at radius 1 is 1.35 bits per heavy atom. The maximum Gasteiger partial charge on any atom is 0.253 e. The Labute approximate surface area is 110 Å². The topological polar surface area (TPSA) is 46.2 Å². The molecule has 0 spiro atoms. The highest BCUT2D eigenvalue weighted by Crippen LogP contribution is 2.20. The highest BCUT2D eigenvalue weighted by Gasteiger charge is 2.17. The number of nitrogens with one attached hydrogen (secondary N) is 1. The summed E-state index contributed by atoms with van der Waals surface area (Å²) in [7, 11) is 0. The van der Waals surface area contributed by atoms with Crippen molar-refractivity contribution in [2.24, 2.45) is 0 Å². The maximum atomic E-state index is 11.8. The van der Waals surface area contributed by atoms with Crippen molar-refractivity contribution >= 4 is 34.9 Å². The van der Waals surface area contributed by atoms with Gasteiger partial charge in [0.1, 0.15) is 0 Å². The van der Waals surface area contributed by atoms with Crippen molar-refractivity contribution in [3.05, 3.63) is 33.8 Å². The molecule has 1 aromatic carbocycles. The molecule has 3 nitrogen and oxygen atoms in total. The fourth-order valence-corrected chi connectivity index (χ4v) is 1.71. The molecule has 1 atom stereocenters. The first-order chi connectivity index (χ1) is 7.95. The van der Waals surface area contributed by atoms with Crippen LogP contribution >= 0.6 is 23.2 Å². The normalized spacial score (nSPS) is 12.0. The van der Waals surface area contributed by atoms with Gasteiger partial charge in [0.05, 0.1) is 16.6 Å². The van der Waals surface area contributed by atoms with Gasteiger partial charge in [-0.1, -0.05) is 30.1 Å². The molecule has 1 rings (SSSR count). The Morgan fingerprint density at radius 3 is 2.59 bits per heavy atom. The molecule has 1 aromatic rings. The largest absolute Gasteiger partial charge is 0.342 e. The predicted octanol–water partition coefficient (Wildman–Crippen LogP) is 3.09. The molecule has 1 amide bonds. The lowest BCUT2D eigenvalue weighted by Crippen LogP contribution is -2.38. The van der Waals surface area contributed by atoms with Crippen molar-refractivity contribution in [1.29, 1.82) is 0 Å². The number of amides is 1. The smallest absolute Gasteiger partial charge is 0.253 e.